The van der Waals surface area contributed by atoms with Gasteiger partial charge in [-0.2, -0.15) is 0 Å². The van der Waals surface area contributed by atoms with Crippen molar-refractivity contribution in [3.63, 3.8) is 0 Å². The maximum absolute atomic E-state index is 5.19. The molecule has 0 saturated heterocycles. The lowest BCUT2D eigenvalue weighted by Gasteiger charge is -2.25. The van der Waals surface area contributed by atoms with Crippen LogP contribution < -0.4 is 4.74 Å². The van der Waals surface area contributed by atoms with Crippen LogP contribution in [0.4, 0.5) is 0 Å². The van der Waals surface area contributed by atoms with Gasteiger partial charge >= 0.3 is 0 Å². The summed E-state index contributed by atoms with van der Waals surface area (Å²) < 4.78 is 5.19. The molecule has 0 aromatic heterocycles. The third-order valence-corrected chi connectivity index (χ3v) is 2.62. The molecule has 0 bridgehead atoms. The van der Waals surface area contributed by atoms with Crippen LogP contribution in [0.5, 0.6) is 5.75 Å². The van der Waals surface area contributed by atoms with Gasteiger partial charge in [0.25, 0.3) is 0 Å². The molecule has 0 spiro atoms. The summed E-state index contributed by atoms with van der Waals surface area (Å²) in [6.07, 6.45) is 1.14. The molecule has 1 heterocycles. The summed E-state index contributed by atoms with van der Waals surface area (Å²) in [6.45, 7) is 2.22. The van der Waals surface area contributed by atoms with Crippen molar-refractivity contribution in [3.8, 4) is 5.75 Å². The first-order valence-electron chi connectivity index (χ1n) is 4.64. The molecule has 1 aliphatic heterocycles. The van der Waals surface area contributed by atoms with Crippen LogP contribution in [0.15, 0.2) is 18.2 Å². The lowest BCUT2D eigenvalue weighted by molar-refractivity contribution is 0.312. The minimum absolute atomic E-state index is 0.975. The molecule has 0 fully saturated rings. The topological polar surface area (TPSA) is 12.5 Å². The molecule has 0 N–H and O–H groups in total. The fourth-order valence-electron chi connectivity index (χ4n) is 1.80. The van der Waals surface area contributed by atoms with E-state index in [0.29, 0.717) is 0 Å². The molecular formula is C11H15NO. The van der Waals surface area contributed by atoms with Crippen molar-refractivity contribution in [2.45, 2.75) is 13.0 Å². The predicted molar refractivity (Wildman–Crippen MR) is 53.0 cm³/mol. The molecule has 2 rings (SSSR count). The lowest BCUT2D eigenvalue weighted by Crippen LogP contribution is -2.26. The highest BCUT2D eigenvalue weighted by Crippen LogP contribution is 2.22. The number of nitrogens with zero attached hydrogens (tertiary/aromatic N) is 1. The second-order valence-corrected chi connectivity index (χ2v) is 3.62. The van der Waals surface area contributed by atoms with Crippen LogP contribution in [-0.2, 0) is 13.0 Å². The van der Waals surface area contributed by atoms with Gasteiger partial charge in [0, 0.05) is 13.1 Å². The third-order valence-electron chi connectivity index (χ3n) is 2.62. The number of likely N-dealkylation sites (N-methyl/N-ethyl adjacent to an activating group) is 1. The molecule has 1 aliphatic rings. The third kappa shape index (κ3) is 1.68. The Morgan fingerprint density at radius 3 is 2.92 bits per heavy atom. The van der Waals surface area contributed by atoms with Gasteiger partial charge in [-0.3, -0.25) is 0 Å². The van der Waals surface area contributed by atoms with Gasteiger partial charge in [-0.05, 0) is 36.7 Å². The van der Waals surface area contributed by atoms with E-state index >= 15 is 0 Å². The van der Waals surface area contributed by atoms with E-state index < -0.39 is 0 Å². The number of fused-ring (bicyclic) bond motifs is 1. The van der Waals surface area contributed by atoms with E-state index in [1.807, 2.05) is 6.07 Å². The fraction of sp³-hybridized carbons (Fsp3) is 0.455. The van der Waals surface area contributed by atoms with Gasteiger partial charge in [-0.15, -0.1) is 0 Å². The molecule has 1 aromatic rings. The summed E-state index contributed by atoms with van der Waals surface area (Å²) >= 11 is 0. The zero-order valence-corrected chi connectivity index (χ0v) is 8.21. The van der Waals surface area contributed by atoms with Crippen molar-refractivity contribution in [2.24, 2.45) is 0 Å². The first-order valence-corrected chi connectivity index (χ1v) is 4.64. The number of benzene rings is 1. The number of methoxy groups -OCH3 is 1. The normalized spacial score (nSPS) is 16.8. The van der Waals surface area contributed by atoms with E-state index in [1.54, 1.807) is 7.11 Å². The maximum atomic E-state index is 5.19. The van der Waals surface area contributed by atoms with Gasteiger partial charge in [0.2, 0.25) is 0 Å². The van der Waals surface area contributed by atoms with Crippen molar-refractivity contribution in [2.75, 3.05) is 20.7 Å². The van der Waals surface area contributed by atoms with E-state index in [0.717, 1.165) is 25.3 Å². The minimum atomic E-state index is 0.975. The molecule has 70 valence electrons. The molecule has 13 heavy (non-hydrogen) atoms. The van der Waals surface area contributed by atoms with Crippen molar-refractivity contribution < 1.29 is 4.74 Å². The Hall–Kier alpha value is -1.02. The van der Waals surface area contributed by atoms with Gasteiger partial charge in [-0.1, -0.05) is 6.07 Å². The Kier molecular flexibility index (Phi) is 2.23. The summed E-state index contributed by atoms with van der Waals surface area (Å²) in [5.74, 6) is 0.975. The highest BCUT2D eigenvalue weighted by molar-refractivity contribution is 5.36. The van der Waals surface area contributed by atoms with Crippen molar-refractivity contribution >= 4 is 0 Å². The van der Waals surface area contributed by atoms with Crippen molar-refractivity contribution in [1.82, 2.24) is 4.90 Å². The molecule has 0 unspecified atom stereocenters. The largest absolute Gasteiger partial charge is 0.497 e. The zero-order valence-electron chi connectivity index (χ0n) is 8.21. The highest BCUT2D eigenvalue weighted by atomic mass is 16.5. The lowest BCUT2D eigenvalue weighted by atomic mass is 10.00. The van der Waals surface area contributed by atoms with Crippen LogP contribution >= 0.6 is 0 Å². The summed E-state index contributed by atoms with van der Waals surface area (Å²) in [5, 5.41) is 0. The Bertz CT molecular complexity index is 309. The molecule has 0 aliphatic carbocycles. The van der Waals surface area contributed by atoms with Crippen molar-refractivity contribution in [3.05, 3.63) is 29.3 Å². The van der Waals surface area contributed by atoms with E-state index in [4.69, 9.17) is 4.74 Å². The zero-order chi connectivity index (χ0) is 9.26. The number of ether oxygens (including phenoxy) is 1. The van der Waals surface area contributed by atoms with E-state index in [1.165, 1.54) is 11.1 Å². The van der Waals surface area contributed by atoms with Gasteiger partial charge in [0.15, 0.2) is 0 Å². The van der Waals surface area contributed by atoms with Gasteiger partial charge in [0.05, 0.1) is 7.11 Å². The Labute approximate surface area is 79.1 Å². The SMILES string of the molecule is COc1ccc2c(c1)CCN(C)C2. The highest BCUT2D eigenvalue weighted by Gasteiger charge is 2.12. The van der Waals surface area contributed by atoms with Crippen LogP contribution in [0.1, 0.15) is 11.1 Å². The first kappa shape index (κ1) is 8.57. The van der Waals surface area contributed by atoms with Crippen LogP contribution in [-0.4, -0.2) is 25.6 Å². The van der Waals surface area contributed by atoms with Gasteiger partial charge in [-0.25, -0.2) is 0 Å². The quantitative estimate of drug-likeness (QED) is 0.647. The number of hydrogen-bond donors (Lipinski definition) is 0. The standard InChI is InChI=1S/C11H15NO/c1-12-6-5-9-7-11(13-2)4-3-10(9)8-12/h3-4,7H,5-6,8H2,1-2H3. The summed E-state index contributed by atoms with van der Waals surface area (Å²) in [6, 6.07) is 6.37. The van der Waals surface area contributed by atoms with Crippen LogP contribution in [0, 0.1) is 0 Å². The average molecular weight is 177 g/mol. The predicted octanol–water partition coefficient (Wildman–Crippen LogP) is 1.68. The fourth-order valence-corrected chi connectivity index (χ4v) is 1.80. The first-order chi connectivity index (χ1) is 6.29. The number of hydrogen-bond acceptors (Lipinski definition) is 2. The molecular weight excluding hydrogens is 162 g/mol. The average Bonchev–Trinajstić information content (AvgIpc) is 2.17. The molecule has 0 atom stereocenters. The summed E-state index contributed by atoms with van der Waals surface area (Å²) in [4.78, 5) is 2.34. The minimum Gasteiger partial charge on any atom is -0.497 e. The second kappa shape index (κ2) is 3.38. The van der Waals surface area contributed by atoms with Gasteiger partial charge in [0.1, 0.15) is 5.75 Å². The Morgan fingerprint density at radius 1 is 1.31 bits per heavy atom. The molecule has 2 nitrogen and oxygen atoms in total. The van der Waals surface area contributed by atoms with E-state index in [9.17, 15) is 0 Å². The van der Waals surface area contributed by atoms with Crippen LogP contribution in [0.2, 0.25) is 0 Å². The summed E-state index contributed by atoms with van der Waals surface area (Å²) in [5.41, 5.74) is 2.88. The molecule has 2 heteroatoms. The molecule has 0 saturated carbocycles. The van der Waals surface area contributed by atoms with Crippen LogP contribution in [0.25, 0.3) is 0 Å². The van der Waals surface area contributed by atoms with E-state index in [2.05, 4.69) is 24.1 Å². The summed E-state index contributed by atoms with van der Waals surface area (Å²) in [7, 11) is 3.88. The molecule has 1 aromatic carbocycles. The smallest absolute Gasteiger partial charge is 0.119 e. The second-order valence-electron chi connectivity index (χ2n) is 3.62. The number of rotatable bonds is 1. The van der Waals surface area contributed by atoms with Crippen LogP contribution in [0.3, 0.4) is 0 Å². The molecule has 0 radical (unpaired) electrons. The molecule has 0 amide bonds. The maximum Gasteiger partial charge on any atom is 0.119 e. The Morgan fingerprint density at radius 2 is 2.15 bits per heavy atom. The van der Waals surface area contributed by atoms with Gasteiger partial charge < -0.3 is 9.64 Å². The van der Waals surface area contributed by atoms with Crippen molar-refractivity contribution in [1.29, 1.82) is 0 Å². The van der Waals surface area contributed by atoms with E-state index in [-0.39, 0.29) is 0 Å². The monoisotopic (exact) mass is 177 g/mol. The Balaban J connectivity index is 2.31.